The maximum absolute atomic E-state index is 11.2. The second-order valence-electron chi connectivity index (χ2n) is 6.81. The Balaban J connectivity index is 1.44. The minimum Gasteiger partial charge on any atom is -0.492 e. The van der Waals surface area contributed by atoms with Gasteiger partial charge in [0.2, 0.25) is 5.91 Å². The highest BCUT2D eigenvalue weighted by Crippen LogP contribution is 2.18. The molecule has 1 heterocycles. The van der Waals surface area contributed by atoms with Gasteiger partial charge < -0.3 is 15.2 Å². The molecule has 0 saturated carbocycles. The van der Waals surface area contributed by atoms with Gasteiger partial charge in [-0.2, -0.15) is 5.10 Å². The van der Waals surface area contributed by atoms with Crippen molar-refractivity contribution in [3.05, 3.63) is 64.7 Å². The van der Waals surface area contributed by atoms with Crippen LogP contribution in [0.3, 0.4) is 0 Å². The predicted octanol–water partition coefficient (Wildman–Crippen LogP) is 3.04. The van der Waals surface area contributed by atoms with Crippen molar-refractivity contribution in [2.45, 2.75) is 31.9 Å². The number of nitrogens with one attached hydrogen (secondary N) is 2. The third-order valence-electron chi connectivity index (χ3n) is 4.49. The van der Waals surface area contributed by atoms with E-state index in [1.165, 1.54) is 0 Å². The summed E-state index contributed by atoms with van der Waals surface area (Å²) in [7, 11) is 0. The molecule has 3 rings (SSSR count). The first-order chi connectivity index (χ1) is 13.5. The van der Waals surface area contributed by atoms with Crippen LogP contribution in [0.2, 0.25) is 5.02 Å². The van der Waals surface area contributed by atoms with Gasteiger partial charge in [-0.1, -0.05) is 23.7 Å². The molecule has 2 unspecified atom stereocenters. The van der Waals surface area contributed by atoms with Gasteiger partial charge in [0, 0.05) is 30.5 Å². The quantitative estimate of drug-likeness (QED) is 0.635. The van der Waals surface area contributed by atoms with Crippen LogP contribution in [-0.2, 0) is 4.79 Å². The van der Waals surface area contributed by atoms with Crippen molar-refractivity contribution in [1.82, 2.24) is 10.7 Å². The molecule has 2 aromatic rings. The Morgan fingerprint density at radius 2 is 2.04 bits per heavy atom. The fraction of sp³-hybridized carbons (Fsp3) is 0.333. The van der Waals surface area contributed by atoms with Crippen LogP contribution < -0.4 is 15.5 Å². The van der Waals surface area contributed by atoms with Crippen LogP contribution in [0.1, 0.15) is 37.0 Å². The largest absolute Gasteiger partial charge is 0.492 e. The molecule has 0 spiro atoms. The van der Waals surface area contributed by atoms with E-state index in [-0.39, 0.29) is 11.9 Å². The molecular formula is C21H24ClN3O3. The molecule has 0 aromatic heterocycles. The lowest BCUT2D eigenvalue weighted by molar-refractivity contribution is -0.121. The summed E-state index contributed by atoms with van der Waals surface area (Å²) in [4.78, 5) is 11.2. The number of halogens is 1. The average molecular weight is 402 g/mol. The van der Waals surface area contributed by atoms with E-state index in [4.69, 9.17) is 16.3 Å². The summed E-state index contributed by atoms with van der Waals surface area (Å²) in [6.07, 6.45) is 0.473. The molecule has 7 heteroatoms. The summed E-state index contributed by atoms with van der Waals surface area (Å²) < 4.78 is 5.81. The van der Waals surface area contributed by atoms with E-state index < -0.39 is 6.10 Å². The highest BCUT2D eigenvalue weighted by Gasteiger charge is 2.13. The predicted molar refractivity (Wildman–Crippen MR) is 110 cm³/mol. The van der Waals surface area contributed by atoms with E-state index in [9.17, 15) is 9.90 Å². The van der Waals surface area contributed by atoms with Crippen molar-refractivity contribution < 1.29 is 14.6 Å². The molecule has 3 N–H and O–H groups in total. The highest BCUT2D eigenvalue weighted by molar-refractivity contribution is 6.30. The summed E-state index contributed by atoms with van der Waals surface area (Å²) in [5.74, 6) is 0.707. The Hall–Kier alpha value is -2.41. The first-order valence-electron chi connectivity index (χ1n) is 9.27. The van der Waals surface area contributed by atoms with Gasteiger partial charge in [0.25, 0.3) is 0 Å². The number of ether oxygens (including phenoxy) is 1. The van der Waals surface area contributed by atoms with Gasteiger partial charge in [-0.05, 0) is 54.4 Å². The number of hydrogen-bond acceptors (Lipinski definition) is 5. The highest BCUT2D eigenvalue weighted by atomic mass is 35.5. The van der Waals surface area contributed by atoms with Crippen molar-refractivity contribution in [3.8, 4) is 5.75 Å². The van der Waals surface area contributed by atoms with Crippen molar-refractivity contribution in [1.29, 1.82) is 0 Å². The van der Waals surface area contributed by atoms with Gasteiger partial charge in [-0.15, -0.1) is 0 Å². The van der Waals surface area contributed by atoms with Gasteiger partial charge in [-0.25, -0.2) is 5.43 Å². The van der Waals surface area contributed by atoms with E-state index in [1.807, 2.05) is 43.3 Å². The van der Waals surface area contributed by atoms with E-state index in [2.05, 4.69) is 15.8 Å². The minimum atomic E-state index is -0.628. The Morgan fingerprint density at radius 3 is 2.71 bits per heavy atom. The summed E-state index contributed by atoms with van der Waals surface area (Å²) >= 11 is 5.96. The fourth-order valence-corrected chi connectivity index (χ4v) is 3.05. The van der Waals surface area contributed by atoms with Crippen molar-refractivity contribution >= 4 is 23.2 Å². The standard InChI is InChI=1S/C21H24ClN3O3/c1-14(23-12-20(26)16-3-2-4-17(22)11-16)13-28-18-7-5-15(6-8-18)19-9-10-21(27)25-24-19/h2-8,11,14,20,23,26H,9-10,12-13H2,1H3,(H,25,27). The number of nitrogens with zero attached hydrogens (tertiary/aromatic N) is 1. The van der Waals surface area contributed by atoms with Crippen molar-refractivity contribution in [3.63, 3.8) is 0 Å². The molecule has 0 saturated heterocycles. The van der Waals surface area contributed by atoms with Gasteiger partial charge in [-0.3, -0.25) is 4.79 Å². The van der Waals surface area contributed by atoms with Crippen LogP contribution in [0.15, 0.2) is 53.6 Å². The molecular weight excluding hydrogens is 378 g/mol. The summed E-state index contributed by atoms with van der Waals surface area (Å²) in [5, 5.41) is 18.2. The van der Waals surface area contributed by atoms with Crippen LogP contribution in [-0.4, -0.2) is 35.9 Å². The molecule has 0 bridgehead atoms. The number of carbonyl (C=O) groups excluding carboxylic acids is 1. The second-order valence-corrected chi connectivity index (χ2v) is 7.25. The average Bonchev–Trinajstić information content (AvgIpc) is 2.71. The second kappa shape index (κ2) is 9.68. The Morgan fingerprint density at radius 1 is 1.25 bits per heavy atom. The molecule has 2 aromatic carbocycles. The molecule has 148 valence electrons. The molecule has 1 aliphatic rings. The van der Waals surface area contributed by atoms with Crippen molar-refractivity contribution in [2.24, 2.45) is 5.10 Å². The van der Waals surface area contributed by atoms with E-state index >= 15 is 0 Å². The molecule has 6 nitrogen and oxygen atoms in total. The molecule has 28 heavy (non-hydrogen) atoms. The zero-order valence-electron chi connectivity index (χ0n) is 15.7. The number of aliphatic hydroxyl groups is 1. The number of rotatable bonds is 8. The number of benzene rings is 2. The van der Waals surface area contributed by atoms with E-state index in [0.29, 0.717) is 31.0 Å². The van der Waals surface area contributed by atoms with Gasteiger partial charge >= 0.3 is 0 Å². The SMILES string of the molecule is CC(COc1ccc(C2=NNC(=O)CC2)cc1)NCC(O)c1cccc(Cl)c1. The van der Waals surface area contributed by atoms with Gasteiger partial charge in [0.1, 0.15) is 12.4 Å². The van der Waals surface area contributed by atoms with Crippen LogP contribution in [0, 0.1) is 0 Å². The zero-order chi connectivity index (χ0) is 19.9. The van der Waals surface area contributed by atoms with Crippen LogP contribution in [0.5, 0.6) is 5.75 Å². The lowest BCUT2D eigenvalue weighted by Gasteiger charge is -2.18. The summed E-state index contributed by atoms with van der Waals surface area (Å²) in [5.41, 5.74) is 5.13. The van der Waals surface area contributed by atoms with Crippen molar-refractivity contribution in [2.75, 3.05) is 13.2 Å². The van der Waals surface area contributed by atoms with Gasteiger partial charge in [0.05, 0.1) is 11.8 Å². The van der Waals surface area contributed by atoms with Crippen LogP contribution >= 0.6 is 11.6 Å². The Kier molecular flexibility index (Phi) is 7.03. The van der Waals surface area contributed by atoms with Crippen LogP contribution in [0.25, 0.3) is 0 Å². The number of aliphatic hydroxyl groups excluding tert-OH is 1. The molecule has 0 aliphatic carbocycles. The number of amides is 1. The molecule has 0 radical (unpaired) electrons. The number of hydrazone groups is 1. The zero-order valence-corrected chi connectivity index (χ0v) is 16.4. The number of carbonyl (C=O) groups is 1. The molecule has 2 atom stereocenters. The Labute approximate surface area is 169 Å². The maximum Gasteiger partial charge on any atom is 0.240 e. The summed E-state index contributed by atoms with van der Waals surface area (Å²) in [6, 6.07) is 14.9. The third kappa shape index (κ3) is 5.79. The van der Waals surface area contributed by atoms with E-state index in [0.717, 1.165) is 22.6 Å². The minimum absolute atomic E-state index is 0.0503. The normalized spacial score (nSPS) is 16.1. The molecule has 1 amide bonds. The Bertz CT molecular complexity index is 839. The van der Waals surface area contributed by atoms with Crippen LogP contribution in [0.4, 0.5) is 0 Å². The number of hydrogen-bond donors (Lipinski definition) is 3. The fourth-order valence-electron chi connectivity index (χ4n) is 2.85. The topological polar surface area (TPSA) is 83.0 Å². The summed E-state index contributed by atoms with van der Waals surface area (Å²) in [6.45, 7) is 2.88. The van der Waals surface area contributed by atoms with Gasteiger partial charge in [0.15, 0.2) is 0 Å². The first kappa shape index (κ1) is 20.3. The third-order valence-corrected chi connectivity index (χ3v) is 4.72. The molecule has 1 aliphatic heterocycles. The lowest BCUT2D eigenvalue weighted by atomic mass is 10.0. The smallest absolute Gasteiger partial charge is 0.240 e. The maximum atomic E-state index is 11.2. The monoisotopic (exact) mass is 401 g/mol. The molecule has 0 fully saturated rings. The lowest BCUT2D eigenvalue weighted by Crippen LogP contribution is -2.34. The first-order valence-corrected chi connectivity index (χ1v) is 9.64. The van der Waals surface area contributed by atoms with E-state index in [1.54, 1.807) is 12.1 Å².